The van der Waals surface area contributed by atoms with Crippen molar-refractivity contribution in [2.45, 2.75) is 24.5 Å². The van der Waals surface area contributed by atoms with E-state index in [-0.39, 0.29) is 23.9 Å². The molecule has 4 atom stereocenters. The maximum Gasteiger partial charge on any atom is 0.332 e. The summed E-state index contributed by atoms with van der Waals surface area (Å²) in [5, 5.41) is 19.0. The van der Waals surface area contributed by atoms with Gasteiger partial charge < -0.3 is 19.7 Å². The largest absolute Gasteiger partial charge is 0.394 e. The number of nitrogens with zero attached hydrogens (tertiary/aromatic N) is 2. The zero-order valence-corrected chi connectivity index (χ0v) is 13.9. The van der Waals surface area contributed by atoms with E-state index in [0.29, 0.717) is 0 Å². The van der Waals surface area contributed by atoms with E-state index in [1.807, 2.05) is 0 Å². The number of hydrogen-bond acceptors (Lipinski definition) is 6. The van der Waals surface area contributed by atoms with Crippen molar-refractivity contribution in [3.63, 3.8) is 0 Å². The van der Waals surface area contributed by atoms with Gasteiger partial charge in [0, 0.05) is 50.3 Å². The van der Waals surface area contributed by atoms with Crippen LogP contribution in [-0.2, 0) is 16.5 Å². The number of ether oxygens (including phenoxy) is 2. The van der Waals surface area contributed by atoms with Gasteiger partial charge in [0.15, 0.2) is 6.23 Å². The van der Waals surface area contributed by atoms with Crippen molar-refractivity contribution >= 4 is 23.9 Å². The molecule has 110 valence electrons. The van der Waals surface area contributed by atoms with Crippen LogP contribution >= 0.6 is 0 Å². The molecule has 2 heterocycles. The molecule has 0 unspecified atom stereocenters. The van der Waals surface area contributed by atoms with Gasteiger partial charge in [-0.25, -0.2) is 4.79 Å². The van der Waals surface area contributed by atoms with E-state index in [4.69, 9.17) is 14.6 Å². The van der Waals surface area contributed by atoms with Crippen molar-refractivity contribution < 1.29 is 19.7 Å². The van der Waals surface area contributed by atoms with Crippen LogP contribution in [0.4, 0.5) is 0 Å². The fourth-order valence-electron chi connectivity index (χ4n) is 2.13. The molecule has 0 spiro atoms. The molecule has 9 heteroatoms. The first-order valence-corrected chi connectivity index (χ1v) is 5.76. The van der Waals surface area contributed by atoms with E-state index in [1.54, 1.807) is 0 Å². The first kappa shape index (κ1) is 17.4. The summed E-state index contributed by atoms with van der Waals surface area (Å²) in [6.45, 7) is -0.391. The number of aliphatic hydroxyl groups excluding tert-OH is 2. The van der Waals surface area contributed by atoms with Crippen LogP contribution in [0.3, 0.4) is 0 Å². The minimum absolute atomic E-state index is 0. The Hall–Kier alpha value is -0.681. The van der Waals surface area contributed by atoms with Gasteiger partial charge in [-0.3, -0.25) is 13.9 Å². The van der Waals surface area contributed by atoms with E-state index < -0.39 is 42.4 Å². The third kappa shape index (κ3) is 2.84. The van der Waals surface area contributed by atoms with Crippen molar-refractivity contribution in [2.24, 2.45) is 7.05 Å². The molecule has 1 aromatic rings. The number of hydrogen-bond donors (Lipinski definition) is 2. The standard InChI is InChI=1S/C11H16N2O6.Sn/c1-12-7(15)3-4-13(11(12)17)10-9(18-2)8(16)6(5-14)19-10;/h3-4,6,8-10,14,16H,5H2,1-2H3;/t6-,8-,9-,10-;/m1./s1. The molecular formula is C11H16N2O6Sn. The molecule has 1 fully saturated rings. The smallest absolute Gasteiger partial charge is 0.332 e. The number of aromatic nitrogens is 2. The van der Waals surface area contributed by atoms with Gasteiger partial charge in [0.25, 0.3) is 5.56 Å². The maximum atomic E-state index is 12.0. The predicted octanol–water partition coefficient (Wildman–Crippen LogP) is -2.57. The Morgan fingerprint density at radius 1 is 1.45 bits per heavy atom. The topological polar surface area (TPSA) is 103 Å². The van der Waals surface area contributed by atoms with Crippen LogP contribution in [0, 0.1) is 0 Å². The Morgan fingerprint density at radius 3 is 2.65 bits per heavy atom. The number of methoxy groups -OCH3 is 1. The normalized spacial score (nSPS) is 29.2. The van der Waals surface area contributed by atoms with E-state index >= 15 is 0 Å². The fourth-order valence-corrected chi connectivity index (χ4v) is 2.13. The molecule has 1 aliphatic rings. The summed E-state index contributed by atoms with van der Waals surface area (Å²) in [4.78, 5) is 23.3. The summed E-state index contributed by atoms with van der Waals surface area (Å²) < 4.78 is 12.6. The zero-order chi connectivity index (χ0) is 14.2. The van der Waals surface area contributed by atoms with Gasteiger partial charge in [0.1, 0.15) is 18.3 Å². The molecule has 2 N–H and O–H groups in total. The van der Waals surface area contributed by atoms with Gasteiger partial charge >= 0.3 is 5.69 Å². The third-order valence-corrected chi connectivity index (χ3v) is 3.26. The van der Waals surface area contributed by atoms with Gasteiger partial charge in [-0.15, -0.1) is 0 Å². The second-order valence-corrected chi connectivity index (χ2v) is 4.34. The summed E-state index contributed by atoms with van der Waals surface area (Å²) in [5.74, 6) is 0. The van der Waals surface area contributed by atoms with Crippen LogP contribution in [0.15, 0.2) is 21.9 Å². The fraction of sp³-hybridized carbons (Fsp3) is 0.636. The summed E-state index contributed by atoms with van der Waals surface area (Å²) in [6.07, 6.45) is -2.29. The third-order valence-electron chi connectivity index (χ3n) is 3.26. The van der Waals surface area contributed by atoms with Gasteiger partial charge in [-0.1, -0.05) is 0 Å². The Labute approximate surface area is 131 Å². The molecule has 8 nitrogen and oxygen atoms in total. The van der Waals surface area contributed by atoms with Crippen molar-refractivity contribution in [2.75, 3.05) is 13.7 Å². The van der Waals surface area contributed by atoms with Gasteiger partial charge in [0.05, 0.1) is 6.61 Å². The molecular weight excluding hydrogens is 375 g/mol. The molecule has 0 bridgehead atoms. The average molecular weight is 391 g/mol. The first-order valence-electron chi connectivity index (χ1n) is 5.76. The second-order valence-electron chi connectivity index (χ2n) is 4.34. The van der Waals surface area contributed by atoms with E-state index in [2.05, 4.69) is 0 Å². The summed E-state index contributed by atoms with van der Waals surface area (Å²) in [5.41, 5.74) is -1.02. The van der Waals surface area contributed by atoms with E-state index in [0.717, 1.165) is 9.13 Å². The monoisotopic (exact) mass is 392 g/mol. The first-order chi connectivity index (χ1) is 9.01. The summed E-state index contributed by atoms with van der Waals surface area (Å²) in [7, 11) is 2.72. The van der Waals surface area contributed by atoms with Gasteiger partial charge in [-0.05, 0) is 0 Å². The van der Waals surface area contributed by atoms with E-state index in [1.165, 1.54) is 26.4 Å². The zero-order valence-electron chi connectivity index (χ0n) is 11.1. The molecule has 2 rings (SSSR count). The molecule has 0 aromatic carbocycles. The Kier molecular flexibility index (Phi) is 5.95. The van der Waals surface area contributed by atoms with Crippen molar-refractivity contribution in [3.8, 4) is 0 Å². The van der Waals surface area contributed by atoms with Crippen molar-refractivity contribution in [1.29, 1.82) is 0 Å². The molecule has 0 amide bonds. The van der Waals surface area contributed by atoms with Crippen LogP contribution < -0.4 is 11.2 Å². The quantitative estimate of drug-likeness (QED) is 0.550. The predicted molar refractivity (Wildman–Crippen MR) is 69.5 cm³/mol. The second kappa shape index (κ2) is 6.85. The Bertz CT molecular complexity index is 571. The van der Waals surface area contributed by atoms with Crippen LogP contribution in [0.2, 0.25) is 0 Å². The molecule has 1 aliphatic heterocycles. The summed E-state index contributed by atoms with van der Waals surface area (Å²) >= 11 is 0. The molecule has 1 saturated heterocycles. The van der Waals surface area contributed by atoms with Crippen LogP contribution in [0.25, 0.3) is 0 Å². The van der Waals surface area contributed by atoms with Gasteiger partial charge in [0.2, 0.25) is 0 Å². The summed E-state index contributed by atoms with van der Waals surface area (Å²) in [6, 6.07) is 1.22. The Morgan fingerprint density at radius 2 is 2.10 bits per heavy atom. The SMILES string of the molecule is CO[C@@H]1[C@H](O)[C@@H](CO)O[C@H]1n1ccc(=O)n(C)c1=O.[Sn]. The van der Waals surface area contributed by atoms with Crippen LogP contribution in [0.5, 0.6) is 0 Å². The van der Waals surface area contributed by atoms with Crippen molar-refractivity contribution in [3.05, 3.63) is 33.1 Å². The molecule has 4 radical (unpaired) electrons. The van der Waals surface area contributed by atoms with Gasteiger partial charge in [-0.2, -0.15) is 0 Å². The molecule has 0 saturated carbocycles. The van der Waals surface area contributed by atoms with Crippen LogP contribution in [0.1, 0.15) is 6.23 Å². The number of aliphatic hydroxyl groups is 2. The van der Waals surface area contributed by atoms with Crippen molar-refractivity contribution in [1.82, 2.24) is 9.13 Å². The molecule has 1 aromatic heterocycles. The molecule has 0 aliphatic carbocycles. The minimum Gasteiger partial charge on any atom is -0.394 e. The Balaban J connectivity index is 0.00000200. The molecule has 20 heavy (non-hydrogen) atoms. The van der Waals surface area contributed by atoms with Crippen LogP contribution in [-0.4, -0.2) is 75.3 Å². The average Bonchev–Trinajstić information content (AvgIpc) is 2.72. The van der Waals surface area contributed by atoms with E-state index in [9.17, 15) is 14.7 Å². The number of rotatable bonds is 3. The minimum atomic E-state index is -1.05. The maximum absolute atomic E-state index is 12.0.